The average molecular weight is 583 g/mol. The maximum atomic E-state index is 13.0. The summed E-state index contributed by atoms with van der Waals surface area (Å²) in [6, 6.07) is 3.62. The number of likely N-dealkylation sites (tertiary alicyclic amines) is 1. The van der Waals surface area contributed by atoms with Gasteiger partial charge < -0.3 is 20.1 Å². The van der Waals surface area contributed by atoms with E-state index in [1.807, 2.05) is 32.9 Å². The van der Waals surface area contributed by atoms with Crippen LogP contribution in [0.1, 0.15) is 52.0 Å². The number of carbonyl (C=O) groups excluding carboxylic acids is 2. The van der Waals surface area contributed by atoms with Crippen molar-refractivity contribution in [2.24, 2.45) is 17.8 Å². The zero-order valence-corrected chi connectivity index (χ0v) is 22.3. The molecule has 1 aromatic carbocycles. The number of hydrogen-bond donors (Lipinski definition) is 3. The summed E-state index contributed by atoms with van der Waals surface area (Å²) in [5, 5.41) is 31.3. The quantitative estimate of drug-likeness (QED) is 0.232. The van der Waals surface area contributed by atoms with E-state index in [1.54, 1.807) is 6.07 Å². The van der Waals surface area contributed by atoms with E-state index in [-0.39, 0.29) is 24.2 Å². The molecule has 0 saturated carbocycles. The third-order valence-electron chi connectivity index (χ3n) is 6.92. The van der Waals surface area contributed by atoms with Crippen molar-refractivity contribution in [3.8, 4) is 11.5 Å². The van der Waals surface area contributed by atoms with Crippen LogP contribution in [0.2, 0.25) is 0 Å². The van der Waals surface area contributed by atoms with Crippen LogP contribution in [0.25, 0.3) is 6.08 Å². The fourth-order valence-electron chi connectivity index (χ4n) is 5.34. The lowest BCUT2D eigenvalue weighted by molar-refractivity contribution is -0.140. The number of halogens is 1. The highest BCUT2D eigenvalue weighted by Gasteiger charge is 2.54. The average Bonchev–Trinajstić information content (AvgIpc) is 3.03. The van der Waals surface area contributed by atoms with Gasteiger partial charge in [-0.2, -0.15) is 0 Å². The molecule has 1 fully saturated rings. The van der Waals surface area contributed by atoms with Gasteiger partial charge in [-0.15, -0.1) is 0 Å². The van der Waals surface area contributed by atoms with Gasteiger partial charge in [-0.25, -0.2) is 0 Å². The molecule has 2 amide bonds. The van der Waals surface area contributed by atoms with Gasteiger partial charge >= 0.3 is 0 Å². The van der Waals surface area contributed by atoms with Gasteiger partial charge in [0.2, 0.25) is 11.8 Å². The van der Waals surface area contributed by atoms with Crippen LogP contribution in [0.3, 0.4) is 0 Å². The molecule has 8 heteroatoms. The van der Waals surface area contributed by atoms with Crippen LogP contribution in [-0.2, 0) is 9.59 Å². The second-order valence-corrected chi connectivity index (χ2v) is 10.5. The second-order valence-electron chi connectivity index (χ2n) is 9.29. The van der Waals surface area contributed by atoms with Crippen LogP contribution < -0.4 is 4.74 Å². The van der Waals surface area contributed by atoms with Gasteiger partial charge in [0, 0.05) is 12.5 Å². The molecule has 0 spiro atoms. The van der Waals surface area contributed by atoms with Crippen LogP contribution in [0.5, 0.6) is 11.5 Å². The molecule has 0 aromatic heterocycles. The normalized spacial score (nSPS) is 24.0. The van der Waals surface area contributed by atoms with Gasteiger partial charge in [0.1, 0.15) is 0 Å². The summed E-state index contributed by atoms with van der Waals surface area (Å²) in [5.74, 6) is -1.44. The number of rotatable bonds is 9. The van der Waals surface area contributed by atoms with Crippen molar-refractivity contribution in [2.45, 2.75) is 52.6 Å². The van der Waals surface area contributed by atoms with E-state index in [0.29, 0.717) is 47.1 Å². The smallest absolute Gasteiger partial charge is 0.233 e. The van der Waals surface area contributed by atoms with Gasteiger partial charge in [0.25, 0.3) is 0 Å². The zero-order valence-electron chi connectivity index (χ0n) is 20.2. The molecule has 4 atom stereocenters. The minimum Gasteiger partial charge on any atom is -0.504 e. The fourth-order valence-corrected chi connectivity index (χ4v) is 5.96. The van der Waals surface area contributed by atoms with Crippen molar-refractivity contribution >= 4 is 40.5 Å². The first-order valence-corrected chi connectivity index (χ1v) is 12.8. The number of nitrogens with zero attached hydrogens (tertiary/aromatic N) is 1. The van der Waals surface area contributed by atoms with Crippen LogP contribution in [0.15, 0.2) is 28.9 Å². The summed E-state index contributed by atoms with van der Waals surface area (Å²) in [7, 11) is 1.51. The first-order chi connectivity index (χ1) is 16.1. The highest BCUT2D eigenvalue weighted by Crippen LogP contribution is 2.46. The number of carbonyl (C=O) groups is 2. The molecule has 1 aliphatic carbocycles. The van der Waals surface area contributed by atoms with E-state index in [2.05, 4.69) is 22.6 Å². The Morgan fingerprint density at radius 3 is 2.65 bits per heavy atom. The van der Waals surface area contributed by atoms with Crippen LogP contribution in [0, 0.1) is 21.3 Å². The number of aromatic hydroxyl groups is 1. The summed E-state index contributed by atoms with van der Waals surface area (Å²) in [5.41, 5.74) is 3.53. The lowest BCUT2D eigenvalue weighted by Crippen LogP contribution is -2.38. The number of hydrogen-bond acceptors (Lipinski definition) is 6. The van der Waals surface area contributed by atoms with Gasteiger partial charge in [-0.1, -0.05) is 24.1 Å². The van der Waals surface area contributed by atoms with Crippen molar-refractivity contribution in [3.63, 3.8) is 0 Å². The molecule has 1 saturated heterocycles. The Labute approximate surface area is 214 Å². The number of aliphatic hydroxyl groups excluding tert-OH is 2. The van der Waals surface area contributed by atoms with Crippen LogP contribution >= 0.6 is 22.6 Å². The number of amides is 2. The van der Waals surface area contributed by atoms with Gasteiger partial charge in [-0.05, 0) is 85.4 Å². The molecular formula is C26H34INO6. The van der Waals surface area contributed by atoms with Crippen molar-refractivity contribution in [1.29, 1.82) is 0 Å². The third-order valence-corrected chi connectivity index (χ3v) is 7.74. The lowest BCUT2D eigenvalue weighted by Gasteiger charge is -2.35. The number of fused-ring (bicyclic) bond motifs is 1. The summed E-state index contributed by atoms with van der Waals surface area (Å²) >= 11 is 2.05. The largest absolute Gasteiger partial charge is 0.504 e. The number of aliphatic hydroxyl groups is 2. The third kappa shape index (κ3) is 5.18. The van der Waals surface area contributed by atoms with E-state index < -0.39 is 23.9 Å². The summed E-state index contributed by atoms with van der Waals surface area (Å²) in [6.07, 6.45) is 3.37. The van der Waals surface area contributed by atoms with Crippen molar-refractivity contribution in [2.75, 3.05) is 20.3 Å². The Bertz CT molecular complexity index is 1020. The lowest BCUT2D eigenvalue weighted by atomic mass is 9.68. The molecule has 34 heavy (non-hydrogen) atoms. The second kappa shape index (κ2) is 11.2. The number of phenols is 1. The number of benzene rings is 1. The van der Waals surface area contributed by atoms with Crippen molar-refractivity contribution in [1.82, 2.24) is 4.90 Å². The Morgan fingerprint density at radius 1 is 1.32 bits per heavy atom. The summed E-state index contributed by atoms with van der Waals surface area (Å²) < 4.78 is 5.91. The predicted octanol–water partition coefficient (Wildman–Crippen LogP) is 3.89. The van der Waals surface area contributed by atoms with E-state index in [4.69, 9.17) is 4.74 Å². The molecule has 1 heterocycles. The molecule has 3 N–H and O–H groups in total. The fraction of sp³-hybridized carbons (Fsp3) is 0.538. The Balaban J connectivity index is 1.76. The summed E-state index contributed by atoms with van der Waals surface area (Å²) in [4.78, 5) is 27.2. The van der Waals surface area contributed by atoms with Crippen molar-refractivity contribution < 1.29 is 29.6 Å². The van der Waals surface area contributed by atoms with E-state index >= 15 is 0 Å². The first-order valence-electron chi connectivity index (χ1n) is 11.7. The van der Waals surface area contributed by atoms with E-state index in [1.165, 1.54) is 12.0 Å². The van der Waals surface area contributed by atoms with Gasteiger partial charge in [0.05, 0.1) is 35.2 Å². The van der Waals surface area contributed by atoms with Gasteiger partial charge in [0.15, 0.2) is 11.5 Å². The monoisotopic (exact) mass is 583 g/mol. The van der Waals surface area contributed by atoms with E-state index in [0.717, 1.165) is 16.7 Å². The molecule has 7 nitrogen and oxygen atoms in total. The highest BCUT2D eigenvalue weighted by molar-refractivity contribution is 14.1. The molecule has 1 aliphatic heterocycles. The molecule has 0 unspecified atom stereocenters. The molecular weight excluding hydrogens is 549 g/mol. The molecule has 186 valence electrons. The maximum absolute atomic E-state index is 13.0. The van der Waals surface area contributed by atoms with Gasteiger partial charge in [-0.3, -0.25) is 14.5 Å². The SMILES string of the molecule is CCCN1C(=O)[C@@H]2[C@@H](CC(C)=C([C@H](O)CC/C(C)=C/c3cc(I)c(O)c(OC)c3)[C@@H]2CO)C1=O. The summed E-state index contributed by atoms with van der Waals surface area (Å²) in [6.45, 7) is 5.91. The maximum Gasteiger partial charge on any atom is 0.233 e. The highest BCUT2D eigenvalue weighted by atomic mass is 127. The number of methoxy groups -OCH3 is 1. The van der Waals surface area contributed by atoms with Crippen LogP contribution in [-0.4, -0.2) is 58.4 Å². The van der Waals surface area contributed by atoms with E-state index in [9.17, 15) is 24.9 Å². The minimum atomic E-state index is -0.806. The first kappa shape index (κ1) is 26.7. The predicted molar refractivity (Wildman–Crippen MR) is 138 cm³/mol. The number of imide groups is 1. The number of phenolic OH excluding ortho intramolecular Hbond substituents is 1. The topological polar surface area (TPSA) is 107 Å². The van der Waals surface area contributed by atoms with Crippen molar-refractivity contribution in [3.05, 3.63) is 38.0 Å². The Hall–Kier alpha value is -1.91. The zero-order chi connectivity index (χ0) is 25.2. The molecule has 1 aromatic rings. The van der Waals surface area contributed by atoms with Crippen LogP contribution in [0.4, 0.5) is 0 Å². The minimum absolute atomic E-state index is 0.110. The Morgan fingerprint density at radius 2 is 2.03 bits per heavy atom. The Kier molecular flexibility index (Phi) is 8.81. The number of ether oxygens (including phenoxy) is 1. The molecule has 3 rings (SSSR count). The standard InChI is InChI=1S/C26H34INO6/c1-5-8-28-25(32)17-10-15(3)22(18(13-29)23(17)26(28)33)20(30)7-6-14(2)9-16-11-19(27)24(31)21(12-16)34-4/h9,11-12,17-18,20,23,29-31H,5-8,10,13H2,1-4H3/b14-9+/t17-,18+,20-,23-/m1/s1. The molecule has 0 bridgehead atoms. The molecule has 2 aliphatic rings. The number of allylic oxidation sites excluding steroid dienone is 2. The molecule has 0 radical (unpaired) electrons.